The molecule has 2 heterocycles. The number of hydrogen-bond donors (Lipinski definition) is 1. The fraction of sp³-hybridized carbons (Fsp3) is 0.391. The van der Waals surface area contributed by atoms with Crippen molar-refractivity contribution < 1.29 is 13.2 Å². The predicted molar refractivity (Wildman–Crippen MR) is 121 cm³/mol. The van der Waals surface area contributed by atoms with E-state index in [1.165, 1.54) is 0 Å². The molecule has 2 aromatic carbocycles. The minimum absolute atomic E-state index is 0.150. The molecule has 3 aromatic rings. The van der Waals surface area contributed by atoms with Gasteiger partial charge in [-0.3, -0.25) is 4.79 Å². The summed E-state index contributed by atoms with van der Waals surface area (Å²) in [6.45, 7) is 3.30. The minimum Gasteiger partial charge on any atom is -0.325 e. The molecule has 8 heteroatoms. The Balaban J connectivity index is 1.46. The topological polar surface area (TPSA) is 84.3 Å². The number of fused-ring (bicyclic) bond motifs is 1. The summed E-state index contributed by atoms with van der Waals surface area (Å²) in [5.74, 6) is 0.677. The second-order valence-electron chi connectivity index (χ2n) is 7.85. The zero-order valence-corrected chi connectivity index (χ0v) is 18.6. The van der Waals surface area contributed by atoms with Crippen LogP contribution in [0.5, 0.6) is 0 Å². The van der Waals surface area contributed by atoms with E-state index in [1.54, 1.807) is 28.6 Å². The molecule has 0 saturated carbocycles. The Labute approximate surface area is 183 Å². The number of aryl methyl sites for hydroxylation is 1. The van der Waals surface area contributed by atoms with E-state index in [2.05, 4.69) is 10.3 Å². The first kappa shape index (κ1) is 21.5. The van der Waals surface area contributed by atoms with Gasteiger partial charge in [0.15, 0.2) is 0 Å². The Morgan fingerprint density at radius 1 is 1.00 bits per heavy atom. The molecule has 0 radical (unpaired) electrons. The van der Waals surface area contributed by atoms with Gasteiger partial charge in [0.1, 0.15) is 12.4 Å². The lowest BCUT2D eigenvalue weighted by atomic mass is 10.2. The van der Waals surface area contributed by atoms with Crippen LogP contribution in [0.15, 0.2) is 53.4 Å². The molecule has 0 unspecified atom stereocenters. The summed E-state index contributed by atoms with van der Waals surface area (Å²) in [6, 6.07) is 14.2. The van der Waals surface area contributed by atoms with Crippen LogP contribution in [-0.4, -0.2) is 41.3 Å². The number of aromatic nitrogens is 2. The van der Waals surface area contributed by atoms with E-state index in [0.717, 1.165) is 49.0 Å². The first-order chi connectivity index (χ1) is 15.0. The van der Waals surface area contributed by atoms with E-state index in [1.807, 2.05) is 35.8 Å². The first-order valence-electron chi connectivity index (χ1n) is 10.8. The molecule has 0 bridgehead atoms. The van der Waals surface area contributed by atoms with Crippen molar-refractivity contribution in [1.82, 2.24) is 13.9 Å². The van der Waals surface area contributed by atoms with Crippen LogP contribution in [0.4, 0.5) is 5.69 Å². The smallest absolute Gasteiger partial charge is 0.244 e. The van der Waals surface area contributed by atoms with Gasteiger partial charge in [-0.1, -0.05) is 31.9 Å². The lowest BCUT2D eigenvalue weighted by Crippen LogP contribution is -2.31. The van der Waals surface area contributed by atoms with Gasteiger partial charge in [-0.2, -0.15) is 4.31 Å². The second kappa shape index (κ2) is 9.20. The van der Waals surface area contributed by atoms with Crippen molar-refractivity contribution >= 4 is 32.7 Å². The van der Waals surface area contributed by atoms with Gasteiger partial charge < -0.3 is 9.88 Å². The molecule has 164 valence electrons. The summed E-state index contributed by atoms with van der Waals surface area (Å²) in [5.41, 5.74) is 2.37. The molecule has 7 nitrogen and oxygen atoms in total. The number of imidazole rings is 1. The maximum absolute atomic E-state index is 12.9. The number of carbonyl (C=O) groups excluding carboxylic acids is 1. The molecule has 0 aliphatic carbocycles. The van der Waals surface area contributed by atoms with Gasteiger partial charge in [-0.25, -0.2) is 13.4 Å². The molecule has 1 N–H and O–H groups in total. The molecule has 1 amide bonds. The number of nitrogens with zero attached hydrogens (tertiary/aromatic N) is 3. The number of para-hydroxylation sites is 2. The molecule has 1 fully saturated rings. The first-order valence-corrected chi connectivity index (χ1v) is 12.3. The number of nitrogens with one attached hydrogen (secondary N) is 1. The highest BCUT2D eigenvalue weighted by molar-refractivity contribution is 7.89. The van der Waals surface area contributed by atoms with E-state index < -0.39 is 10.0 Å². The number of carbonyl (C=O) groups is 1. The minimum atomic E-state index is -3.50. The van der Waals surface area contributed by atoms with Crippen LogP contribution >= 0.6 is 0 Å². The molecule has 1 aromatic heterocycles. The van der Waals surface area contributed by atoms with E-state index in [-0.39, 0.29) is 17.3 Å². The number of amides is 1. The summed E-state index contributed by atoms with van der Waals surface area (Å²) < 4.78 is 29.3. The second-order valence-corrected chi connectivity index (χ2v) is 9.79. The third-order valence-electron chi connectivity index (χ3n) is 5.69. The molecule has 1 aliphatic heterocycles. The van der Waals surface area contributed by atoms with Gasteiger partial charge in [0, 0.05) is 25.2 Å². The summed E-state index contributed by atoms with van der Waals surface area (Å²) in [4.78, 5) is 17.5. The molecule has 4 rings (SSSR count). The molecular formula is C23H28N4O3S. The van der Waals surface area contributed by atoms with Crippen molar-refractivity contribution in [3.63, 3.8) is 0 Å². The van der Waals surface area contributed by atoms with E-state index >= 15 is 0 Å². The van der Waals surface area contributed by atoms with Crippen molar-refractivity contribution in [1.29, 1.82) is 0 Å². The Kier molecular flexibility index (Phi) is 6.38. The van der Waals surface area contributed by atoms with Crippen molar-refractivity contribution in [3.8, 4) is 0 Å². The van der Waals surface area contributed by atoms with Crippen molar-refractivity contribution in [3.05, 3.63) is 54.4 Å². The third kappa shape index (κ3) is 4.65. The molecule has 1 aliphatic rings. The van der Waals surface area contributed by atoms with E-state index in [0.29, 0.717) is 18.8 Å². The highest BCUT2D eigenvalue weighted by Gasteiger charge is 2.25. The zero-order valence-electron chi connectivity index (χ0n) is 17.8. The summed E-state index contributed by atoms with van der Waals surface area (Å²) >= 11 is 0. The van der Waals surface area contributed by atoms with E-state index in [4.69, 9.17) is 0 Å². The number of sulfonamides is 1. The van der Waals surface area contributed by atoms with Gasteiger partial charge in [-0.05, 0) is 49.2 Å². The average Bonchev–Trinajstić information content (AvgIpc) is 2.93. The number of benzene rings is 2. The van der Waals surface area contributed by atoms with Crippen LogP contribution in [-0.2, 0) is 27.8 Å². The zero-order chi connectivity index (χ0) is 21.8. The van der Waals surface area contributed by atoms with Crippen LogP contribution in [0.25, 0.3) is 11.0 Å². The van der Waals surface area contributed by atoms with Gasteiger partial charge >= 0.3 is 0 Å². The molecule has 31 heavy (non-hydrogen) atoms. The summed E-state index contributed by atoms with van der Waals surface area (Å²) in [6.07, 6.45) is 4.67. The molecular weight excluding hydrogens is 412 g/mol. The Bertz CT molecular complexity index is 1160. The van der Waals surface area contributed by atoms with Gasteiger partial charge in [0.25, 0.3) is 0 Å². The van der Waals surface area contributed by atoms with Crippen molar-refractivity contribution in [2.24, 2.45) is 0 Å². The standard InChI is InChI=1S/C23H28N4O3S/c1-2-22-25-20-9-5-6-10-21(20)27(22)17-23(28)24-18-11-13-19(14-12-18)31(29,30)26-15-7-3-4-8-16-26/h5-6,9-14H,2-4,7-8,15-17H2,1H3,(H,24,28). The monoisotopic (exact) mass is 440 g/mol. The van der Waals surface area contributed by atoms with Gasteiger partial charge in [0.05, 0.1) is 15.9 Å². The van der Waals surface area contributed by atoms with Crippen LogP contribution in [0, 0.1) is 0 Å². The predicted octanol–water partition coefficient (Wildman–Crippen LogP) is 3.80. The Hall–Kier alpha value is -2.71. The van der Waals surface area contributed by atoms with Gasteiger partial charge in [-0.15, -0.1) is 0 Å². The third-order valence-corrected chi connectivity index (χ3v) is 7.61. The highest BCUT2D eigenvalue weighted by Crippen LogP contribution is 2.22. The van der Waals surface area contributed by atoms with Crippen LogP contribution < -0.4 is 5.32 Å². The number of rotatable bonds is 6. The van der Waals surface area contributed by atoms with Crippen molar-refractivity contribution in [2.45, 2.75) is 50.5 Å². The lowest BCUT2D eigenvalue weighted by Gasteiger charge is -2.20. The summed E-state index contributed by atoms with van der Waals surface area (Å²) in [5, 5.41) is 2.87. The van der Waals surface area contributed by atoms with Crippen molar-refractivity contribution in [2.75, 3.05) is 18.4 Å². The molecule has 1 saturated heterocycles. The summed E-state index contributed by atoms with van der Waals surface area (Å²) in [7, 11) is -3.50. The molecule has 0 spiro atoms. The SMILES string of the molecule is CCc1nc2ccccc2n1CC(=O)Nc1ccc(S(=O)(=O)N2CCCCCC2)cc1. The Morgan fingerprint density at radius 2 is 1.68 bits per heavy atom. The fourth-order valence-corrected chi connectivity index (χ4v) is 5.57. The Morgan fingerprint density at radius 3 is 2.35 bits per heavy atom. The lowest BCUT2D eigenvalue weighted by molar-refractivity contribution is -0.116. The van der Waals surface area contributed by atoms with E-state index in [9.17, 15) is 13.2 Å². The van der Waals surface area contributed by atoms with Crippen LogP contribution in [0.1, 0.15) is 38.4 Å². The highest BCUT2D eigenvalue weighted by atomic mass is 32.2. The van der Waals surface area contributed by atoms with Gasteiger partial charge in [0.2, 0.25) is 15.9 Å². The van der Waals surface area contributed by atoms with Crippen LogP contribution in [0.3, 0.4) is 0 Å². The number of anilines is 1. The molecule has 0 atom stereocenters. The fourth-order valence-electron chi connectivity index (χ4n) is 4.06. The number of hydrogen-bond acceptors (Lipinski definition) is 4. The average molecular weight is 441 g/mol. The quantitative estimate of drug-likeness (QED) is 0.632. The largest absolute Gasteiger partial charge is 0.325 e. The maximum atomic E-state index is 12.9. The van der Waals surface area contributed by atoms with Crippen LogP contribution in [0.2, 0.25) is 0 Å². The normalized spacial score (nSPS) is 15.6. The maximum Gasteiger partial charge on any atom is 0.244 e.